The highest BCUT2D eigenvalue weighted by Crippen LogP contribution is 2.30. The molecule has 1 aromatic carbocycles. The lowest BCUT2D eigenvalue weighted by Gasteiger charge is -2.21. The number of para-hydroxylation sites is 1. The Morgan fingerprint density at radius 1 is 1.48 bits per heavy atom. The number of likely N-dealkylation sites (tertiary alicyclic amines) is 1. The van der Waals surface area contributed by atoms with Crippen molar-refractivity contribution in [2.45, 2.75) is 25.9 Å². The van der Waals surface area contributed by atoms with E-state index in [1.807, 2.05) is 13.0 Å². The van der Waals surface area contributed by atoms with Crippen molar-refractivity contribution in [1.29, 1.82) is 0 Å². The Bertz CT molecular complexity index is 504. The van der Waals surface area contributed by atoms with Crippen LogP contribution in [0.2, 0.25) is 0 Å². The van der Waals surface area contributed by atoms with Gasteiger partial charge >= 0.3 is 0 Å². The first-order valence-corrected chi connectivity index (χ1v) is 7.41. The molecule has 0 bridgehead atoms. The number of anilines is 1. The van der Waals surface area contributed by atoms with Gasteiger partial charge in [-0.05, 0) is 33.0 Å². The molecule has 1 heterocycles. The predicted molar refractivity (Wildman–Crippen MR) is 84.6 cm³/mol. The Morgan fingerprint density at radius 3 is 2.81 bits per heavy atom. The molecule has 21 heavy (non-hydrogen) atoms. The van der Waals surface area contributed by atoms with E-state index in [1.165, 1.54) is 0 Å². The summed E-state index contributed by atoms with van der Waals surface area (Å²) >= 11 is 0. The van der Waals surface area contributed by atoms with E-state index in [0.29, 0.717) is 18.3 Å². The van der Waals surface area contributed by atoms with Gasteiger partial charge < -0.3 is 10.2 Å². The Morgan fingerprint density at radius 2 is 2.24 bits per heavy atom. The average molecular weight is 292 g/mol. The maximum Gasteiger partial charge on any atom is 0.292 e. The molecular weight excluding hydrogens is 268 g/mol. The topological polar surface area (TPSA) is 61.6 Å². The molecular formula is C15H24N4O2. The average Bonchev–Trinajstić information content (AvgIpc) is 2.89. The Balaban J connectivity index is 2.16. The van der Waals surface area contributed by atoms with E-state index in [2.05, 4.69) is 29.2 Å². The van der Waals surface area contributed by atoms with E-state index < -0.39 is 0 Å². The van der Waals surface area contributed by atoms with E-state index in [-0.39, 0.29) is 10.6 Å². The molecule has 6 heteroatoms. The van der Waals surface area contributed by atoms with Gasteiger partial charge in [-0.25, -0.2) is 0 Å². The van der Waals surface area contributed by atoms with E-state index in [4.69, 9.17) is 0 Å². The van der Waals surface area contributed by atoms with Crippen LogP contribution < -0.4 is 5.32 Å². The van der Waals surface area contributed by atoms with Gasteiger partial charge in [0.2, 0.25) is 0 Å². The zero-order valence-electron chi connectivity index (χ0n) is 13.0. The van der Waals surface area contributed by atoms with E-state index in [9.17, 15) is 10.1 Å². The number of nitrogens with one attached hydrogen (secondary N) is 1. The second-order valence-corrected chi connectivity index (χ2v) is 5.74. The molecule has 0 aromatic heterocycles. The zero-order chi connectivity index (χ0) is 15.4. The highest BCUT2D eigenvalue weighted by Gasteiger charge is 2.25. The second-order valence-electron chi connectivity index (χ2n) is 5.74. The summed E-state index contributed by atoms with van der Waals surface area (Å²) in [4.78, 5) is 15.5. The summed E-state index contributed by atoms with van der Waals surface area (Å²) < 4.78 is 0. The van der Waals surface area contributed by atoms with Crippen LogP contribution in [-0.2, 0) is 6.54 Å². The van der Waals surface area contributed by atoms with Crippen molar-refractivity contribution in [1.82, 2.24) is 9.80 Å². The number of nitrogens with zero attached hydrogens (tertiary/aromatic N) is 3. The van der Waals surface area contributed by atoms with Gasteiger partial charge in [-0.2, -0.15) is 0 Å². The molecule has 1 unspecified atom stereocenters. The maximum atomic E-state index is 11.2. The summed E-state index contributed by atoms with van der Waals surface area (Å²) in [6.07, 6.45) is 1.15. The van der Waals surface area contributed by atoms with Crippen LogP contribution in [0.1, 0.15) is 18.9 Å². The van der Waals surface area contributed by atoms with Gasteiger partial charge in [0.05, 0.1) is 4.92 Å². The Hall–Kier alpha value is -1.66. The fourth-order valence-electron chi connectivity index (χ4n) is 2.87. The first-order valence-electron chi connectivity index (χ1n) is 7.41. The fraction of sp³-hybridized carbons (Fsp3) is 0.600. The van der Waals surface area contributed by atoms with Gasteiger partial charge in [0.1, 0.15) is 5.69 Å². The smallest absolute Gasteiger partial charge is 0.292 e. The van der Waals surface area contributed by atoms with Crippen molar-refractivity contribution in [3.63, 3.8) is 0 Å². The third-order valence-electron chi connectivity index (χ3n) is 4.05. The molecule has 0 aliphatic carbocycles. The maximum absolute atomic E-state index is 11.2. The lowest BCUT2D eigenvalue weighted by molar-refractivity contribution is -0.384. The highest BCUT2D eigenvalue weighted by atomic mass is 16.6. The van der Waals surface area contributed by atoms with E-state index in [1.54, 1.807) is 12.1 Å². The van der Waals surface area contributed by atoms with Gasteiger partial charge in [-0.1, -0.05) is 12.1 Å². The summed E-state index contributed by atoms with van der Waals surface area (Å²) in [6.45, 7) is 5.45. The Labute approximate surface area is 125 Å². The third-order valence-corrected chi connectivity index (χ3v) is 4.05. The van der Waals surface area contributed by atoms with Crippen LogP contribution in [0.3, 0.4) is 0 Å². The van der Waals surface area contributed by atoms with Crippen molar-refractivity contribution in [2.24, 2.45) is 0 Å². The number of hydrogen-bond acceptors (Lipinski definition) is 5. The summed E-state index contributed by atoms with van der Waals surface area (Å²) in [7, 11) is 4.21. The van der Waals surface area contributed by atoms with Gasteiger partial charge in [-0.15, -0.1) is 0 Å². The SMILES string of the molecule is CCNc1c(CN2CCC(N(C)C)C2)cccc1[N+](=O)[O-]. The first-order chi connectivity index (χ1) is 10.0. The summed E-state index contributed by atoms with van der Waals surface area (Å²) in [5.74, 6) is 0. The standard InChI is InChI=1S/C15H24N4O2/c1-4-16-15-12(6-5-7-14(15)19(20)21)10-18-9-8-13(11-18)17(2)3/h5-7,13,16H,4,8-11H2,1-3H3. The number of nitro benzene ring substituents is 1. The minimum Gasteiger partial charge on any atom is -0.380 e. The van der Waals surface area contributed by atoms with Gasteiger partial charge in [-0.3, -0.25) is 15.0 Å². The highest BCUT2D eigenvalue weighted by molar-refractivity contribution is 5.66. The molecule has 2 rings (SSSR count). The molecule has 1 aliphatic heterocycles. The lowest BCUT2D eigenvalue weighted by Crippen LogP contribution is -2.31. The molecule has 0 radical (unpaired) electrons. The van der Waals surface area contributed by atoms with E-state index in [0.717, 1.165) is 31.6 Å². The molecule has 1 aromatic rings. The molecule has 116 valence electrons. The molecule has 1 fully saturated rings. The largest absolute Gasteiger partial charge is 0.380 e. The number of benzene rings is 1. The lowest BCUT2D eigenvalue weighted by atomic mass is 10.1. The van der Waals surface area contributed by atoms with Crippen molar-refractivity contribution in [3.05, 3.63) is 33.9 Å². The summed E-state index contributed by atoms with van der Waals surface area (Å²) in [6, 6.07) is 5.89. The van der Waals surface area contributed by atoms with Crippen LogP contribution in [0.4, 0.5) is 11.4 Å². The Kier molecular flexibility index (Phi) is 5.14. The van der Waals surface area contributed by atoms with Gasteiger partial charge in [0.15, 0.2) is 0 Å². The molecule has 0 saturated carbocycles. The number of likely N-dealkylation sites (N-methyl/N-ethyl adjacent to an activating group) is 1. The molecule has 0 spiro atoms. The third kappa shape index (κ3) is 3.71. The normalized spacial score (nSPS) is 19.1. The van der Waals surface area contributed by atoms with E-state index >= 15 is 0 Å². The van der Waals surface area contributed by atoms with Crippen molar-refractivity contribution in [2.75, 3.05) is 39.0 Å². The second kappa shape index (κ2) is 6.87. The minimum absolute atomic E-state index is 0.165. The van der Waals surface area contributed by atoms with Gasteiger partial charge in [0.25, 0.3) is 5.69 Å². The van der Waals surface area contributed by atoms with Gasteiger partial charge in [0, 0.05) is 38.3 Å². The zero-order valence-corrected chi connectivity index (χ0v) is 13.0. The quantitative estimate of drug-likeness (QED) is 0.643. The molecule has 1 saturated heterocycles. The van der Waals surface area contributed by atoms with Crippen LogP contribution in [0.15, 0.2) is 18.2 Å². The van der Waals surface area contributed by atoms with Crippen LogP contribution in [0.5, 0.6) is 0 Å². The molecule has 0 amide bonds. The summed E-state index contributed by atoms with van der Waals surface area (Å²) in [5, 5.41) is 14.3. The molecule has 1 aliphatic rings. The number of rotatable bonds is 6. The van der Waals surface area contributed by atoms with Crippen LogP contribution in [0.25, 0.3) is 0 Å². The van der Waals surface area contributed by atoms with Crippen LogP contribution >= 0.6 is 0 Å². The van der Waals surface area contributed by atoms with Crippen molar-refractivity contribution in [3.8, 4) is 0 Å². The van der Waals surface area contributed by atoms with Crippen LogP contribution in [-0.4, -0.2) is 54.5 Å². The van der Waals surface area contributed by atoms with Crippen molar-refractivity contribution >= 4 is 11.4 Å². The monoisotopic (exact) mass is 292 g/mol. The molecule has 1 N–H and O–H groups in total. The first kappa shape index (κ1) is 15.7. The fourth-order valence-corrected chi connectivity index (χ4v) is 2.87. The van der Waals surface area contributed by atoms with Crippen LogP contribution in [0, 0.1) is 10.1 Å². The minimum atomic E-state index is -0.311. The molecule has 1 atom stereocenters. The molecule has 6 nitrogen and oxygen atoms in total. The number of hydrogen-bond donors (Lipinski definition) is 1. The number of nitro groups is 1. The van der Waals surface area contributed by atoms with Crippen molar-refractivity contribution < 1.29 is 4.92 Å². The summed E-state index contributed by atoms with van der Waals surface area (Å²) in [5.41, 5.74) is 1.83. The predicted octanol–water partition coefficient (Wildman–Crippen LogP) is 2.16.